The summed E-state index contributed by atoms with van der Waals surface area (Å²) in [5.41, 5.74) is 0.788. The molecule has 7 nitrogen and oxygen atoms in total. The number of fused-ring (bicyclic) bond motifs is 3. The third-order valence-electron chi connectivity index (χ3n) is 8.34. The maximum Gasteiger partial charge on any atom is 0.251 e. The van der Waals surface area contributed by atoms with Crippen LogP contribution in [0, 0.1) is 11.8 Å². The van der Waals surface area contributed by atoms with Crippen molar-refractivity contribution in [2.75, 3.05) is 37.7 Å². The fourth-order valence-electron chi connectivity index (χ4n) is 6.72. The van der Waals surface area contributed by atoms with Gasteiger partial charge in [0, 0.05) is 43.7 Å². The van der Waals surface area contributed by atoms with Gasteiger partial charge in [0.1, 0.15) is 6.04 Å². The second-order valence-corrected chi connectivity index (χ2v) is 12.0. The summed E-state index contributed by atoms with van der Waals surface area (Å²) in [5.74, 6) is -1.41. The number of anilines is 1. The molecule has 3 amide bonds. The Balaban J connectivity index is 1.43. The van der Waals surface area contributed by atoms with Crippen molar-refractivity contribution < 1.29 is 19.5 Å². The van der Waals surface area contributed by atoms with Crippen LogP contribution >= 0.6 is 11.8 Å². The minimum Gasteiger partial charge on any atom is -0.396 e. The van der Waals surface area contributed by atoms with Crippen molar-refractivity contribution in [1.29, 1.82) is 0 Å². The Bertz CT molecular complexity index is 1340. The van der Waals surface area contributed by atoms with Gasteiger partial charge in [-0.05, 0) is 35.7 Å². The summed E-state index contributed by atoms with van der Waals surface area (Å²) in [6, 6.07) is 13.3. The van der Waals surface area contributed by atoms with Crippen LogP contribution in [0.2, 0.25) is 0 Å². The van der Waals surface area contributed by atoms with Gasteiger partial charge in [0.25, 0.3) is 5.91 Å². The summed E-state index contributed by atoms with van der Waals surface area (Å²) in [4.78, 5) is 47.7. The molecule has 0 bridgehead atoms. The number of thioether (sulfide) groups is 1. The number of aliphatic hydroxyl groups is 1. The van der Waals surface area contributed by atoms with E-state index in [1.54, 1.807) is 21.6 Å². The molecule has 1 N–H and O–H groups in total. The van der Waals surface area contributed by atoms with E-state index in [0.29, 0.717) is 26.1 Å². The zero-order valence-corrected chi connectivity index (χ0v) is 22.3. The number of rotatable bonds is 6. The van der Waals surface area contributed by atoms with Crippen LogP contribution in [-0.2, 0) is 14.4 Å². The molecule has 0 saturated carbocycles. The van der Waals surface area contributed by atoms with Crippen molar-refractivity contribution in [3.05, 3.63) is 66.8 Å². The van der Waals surface area contributed by atoms with Crippen molar-refractivity contribution in [3.8, 4) is 0 Å². The van der Waals surface area contributed by atoms with E-state index in [0.717, 1.165) is 22.9 Å². The first-order valence-corrected chi connectivity index (χ1v) is 14.4. The molecule has 2 saturated heterocycles. The maximum atomic E-state index is 14.4. The van der Waals surface area contributed by atoms with Crippen molar-refractivity contribution in [1.82, 2.24) is 9.80 Å². The minimum absolute atomic E-state index is 0.00353. The molecular formula is C30H33N3O4S. The first kappa shape index (κ1) is 25.2. The molecule has 198 valence electrons. The van der Waals surface area contributed by atoms with E-state index in [2.05, 4.69) is 6.08 Å². The van der Waals surface area contributed by atoms with Gasteiger partial charge in [-0.15, -0.1) is 11.8 Å². The monoisotopic (exact) mass is 531 g/mol. The molecular weight excluding hydrogens is 498 g/mol. The molecule has 2 fully saturated rings. The van der Waals surface area contributed by atoms with E-state index in [9.17, 15) is 19.5 Å². The van der Waals surface area contributed by atoms with Crippen LogP contribution in [-0.4, -0.2) is 81.5 Å². The number of nitrogens with zero attached hydrogens (tertiary/aromatic N) is 3. The molecule has 0 aliphatic carbocycles. The normalized spacial score (nSPS) is 30.5. The second kappa shape index (κ2) is 9.89. The minimum atomic E-state index is -0.834. The van der Waals surface area contributed by atoms with Crippen LogP contribution in [0.25, 0.3) is 10.8 Å². The Hall–Kier alpha value is -3.10. The predicted octanol–water partition coefficient (Wildman–Crippen LogP) is 3.23. The lowest BCUT2D eigenvalue weighted by Crippen LogP contribution is -2.53. The van der Waals surface area contributed by atoms with Crippen molar-refractivity contribution in [2.45, 2.75) is 35.8 Å². The summed E-state index contributed by atoms with van der Waals surface area (Å²) in [6.07, 6.45) is 9.38. The molecule has 4 aliphatic heterocycles. The van der Waals surface area contributed by atoms with E-state index in [1.165, 1.54) is 0 Å². The molecule has 6 rings (SSSR count). The number of aliphatic hydroxyl groups excluding tert-OH is 1. The zero-order chi connectivity index (χ0) is 26.4. The Labute approximate surface area is 227 Å². The standard InChI is InChI=1S/C30H33N3O4S/c1-2-14-31-15-5-10-23-24(27(31)35)25-28(36)33(17-7-18-34)26-29(37)32(16-6-13-30(25,26)38-23)22-12-11-20-8-3-4-9-21(20)19-22/h3-6,8-13,19,23-26,34H,2,7,14-18H2,1H3/t23-,24+,25-,26?,30-/m0/s1. The van der Waals surface area contributed by atoms with Gasteiger partial charge in [0.15, 0.2) is 0 Å². The lowest BCUT2D eigenvalue weighted by atomic mass is 9.78. The fourth-order valence-corrected chi connectivity index (χ4v) is 8.72. The molecule has 4 aliphatic rings. The van der Waals surface area contributed by atoms with Gasteiger partial charge in [-0.25, -0.2) is 0 Å². The largest absolute Gasteiger partial charge is 0.396 e. The van der Waals surface area contributed by atoms with Crippen LogP contribution in [0.1, 0.15) is 19.8 Å². The third-order valence-corrected chi connectivity index (χ3v) is 10.1. The van der Waals surface area contributed by atoms with Crippen molar-refractivity contribution in [2.24, 2.45) is 11.8 Å². The van der Waals surface area contributed by atoms with Crippen molar-refractivity contribution >= 4 is 45.9 Å². The van der Waals surface area contributed by atoms with E-state index in [4.69, 9.17) is 0 Å². The molecule has 0 radical (unpaired) electrons. The number of carbonyl (C=O) groups is 3. The highest BCUT2D eigenvalue weighted by Gasteiger charge is 2.70. The van der Waals surface area contributed by atoms with Gasteiger partial charge in [0.05, 0.1) is 16.6 Å². The van der Waals surface area contributed by atoms with Gasteiger partial charge < -0.3 is 19.8 Å². The summed E-state index contributed by atoms with van der Waals surface area (Å²) in [6.45, 7) is 3.85. The molecule has 1 spiro atoms. The Morgan fingerprint density at radius 3 is 2.58 bits per heavy atom. The van der Waals surface area contributed by atoms with Crippen LogP contribution in [0.15, 0.2) is 66.8 Å². The highest BCUT2D eigenvalue weighted by Crippen LogP contribution is 2.61. The van der Waals surface area contributed by atoms with Gasteiger partial charge in [-0.2, -0.15) is 0 Å². The number of hydrogen-bond acceptors (Lipinski definition) is 5. The SMILES string of the molecule is CCCN1CC=C[C@@H]2S[C@]34C=CCN(c5ccc6ccccc6c5)C(=O)C3N(CCCO)C(=O)[C@@H]4[C@@H]2C1=O. The number of likely N-dealkylation sites (tertiary alicyclic amines) is 1. The molecule has 2 aromatic rings. The predicted molar refractivity (Wildman–Crippen MR) is 150 cm³/mol. The second-order valence-electron chi connectivity index (χ2n) is 10.5. The number of benzene rings is 2. The fraction of sp³-hybridized carbons (Fsp3) is 0.433. The topological polar surface area (TPSA) is 81.2 Å². The van der Waals surface area contributed by atoms with Gasteiger partial charge in [-0.3, -0.25) is 14.4 Å². The van der Waals surface area contributed by atoms with Gasteiger partial charge >= 0.3 is 0 Å². The van der Waals surface area contributed by atoms with E-state index in [1.807, 2.05) is 72.5 Å². The molecule has 38 heavy (non-hydrogen) atoms. The van der Waals surface area contributed by atoms with Crippen LogP contribution in [0.3, 0.4) is 0 Å². The number of amides is 3. The smallest absolute Gasteiger partial charge is 0.251 e. The molecule has 2 aromatic carbocycles. The number of hydrogen-bond donors (Lipinski definition) is 1. The quantitative estimate of drug-likeness (QED) is 0.579. The third kappa shape index (κ3) is 3.80. The van der Waals surface area contributed by atoms with Gasteiger partial charge in [-0.1, -0.05) is 61.6 Å². The van der Waals surface area contributed by atoms with Crippen LogP contribution < -0.4 is 4.90 Å². The number of carbonyl (C=O) groups excluding carboxylic acids is 3. The summed E-state index contributed by atoms with van der Waals surface area (Å²) in [5, 5.41) is 11.6. The highest BCUT2D eigenvalue weighted by molar-refractivity contribution is 8.02. The Kier molecular flexibility index (Phi) is 6.56. The van der Waals surface area contributed by atoms with E-state index in [-0.39, 0.29) is 36.1 Å². The lowest BCUT2D eigenvalue weighted by Gasteiger charge is -2.35. The van der Waals surface area contributed by atoms with Gasteiger partial charge in [0.2, 0.25) is 11.8 Å². The zero-order valence-electron chi connectivity index (χ0n) is 21.5. The molecule has 1 unspecified atom stereocenters. The molecule has 5 atom stereocenters. The Morgan fingerprint density at radius 2 is 1.79 bits per heavy atom. The molecule has 8 heteroatoms. The Morgan fingerprint density at radius 1 is 0.974 bits per heavy atom. The lowest BCUT2D eigenvalue weighted by molar-refractivity contribution is -0.142. The summed E-state index contributed by atoms with van der Waals surface area (Å²) >= 11 is 1.60. The average Bonchev–Trinajstić information content (AvgIpc) is 3.24. The summed E-state index contributed by atoms with van der Waals surface area (Å²) in [7, 11) is 0. The molecule has 0 aromatic heterocycles. The average molecular weight is 532 g/mol. The van der Waals surface area contributed by atoms with E-state index < -0.39 is 22.6 Å². The first-order valence-electron chi connectivity index (χ1n) is 13.5. The highest BCUT2D eigenvalue weighted by atomic mass is 32.2. The van der Waals surface area contributed by atoms with E-state index >= 15 is 0 Å². The first-order chi connectivity index (χ1) is 18.5. The molecule has 4 heterocycles. The summed E-state index contributed by atoms with van der Waals surface area (Å²) < 4.78 is -0.834. The van der Waals surface area contributed by atoms with Crippen LogP contribution in [0.5, 0.6) is 0 Å². The maximum absolute atomic E-state index is 14.4. The van der Waals surface area contributed by atoms with Crippen LogP contribution in [0.4, 0.5) is 5.69 Å². The van der Waals surface area contributed by atoms with Crippen molar-refractivity contribution in [3.63, 3.8) is 0 Å².